The number of nitriles is 1. The molecule has 0 aromatic carbocycles. The first-order valence-electron chi connectivity index (χ1n) is 5.22. The van der Waals surface area contributed by atoms with Crippen LogP contribution in [0.3, 0.4) is 0 Å². The lowest BCUT2D eigenvalue weighted by atomic mass is 10.2. The molecule has 4 heteroatoms. The molecule has 1 aromatic rings. The Bertz CT molecular complexity index is 361. The predicted octanol–water partition coefficient (Wildman–Crippen LogP) is 1.46. The van der Waals surface area contributed by atoms with Gasteiger partial charge in [0.05, 0.1) is 5.56 Å². The van der Waals surface area contributed by atoms with Crippen molar-refractivity contribution in [3.8, 4) is 6.07 Å². The van der Waals surface area contributed by atoms with Gasteiger partial charge in [-0.05, 0) is 25.0 Å². The summed E-state index contributed by atoms with van der Waals surface area (Å²) < 4.78 is 0. The van der Waals surface area contributed by atoms with Crippen LogP contribution in [0.4, 0.5) is 5.82 Å². The summed E-state index contributed by atoms with van der Waals surface area (Å²) in [5.74, 6) is 0.696. The summed E-state index contributed by atoms with van der Waals surface area (Å²) in [4.78, 5) is 4.22. The molecule has 0 N–H and O–H groups in total. The minimum absolute atomic E-state index is 0.600. The van der Waals surface area contributed by atoms with E-state index in [9.17, 15) is 0 Å². The van der Waals surface area contributed by atoms with Gasteiger partial charge in [-0.2, -0.15) is 5.26 Å². The molecule has 1 aromatic heterocycles. The zero-order valence-electron chi connectivity index (χ0n) is 8.56. The third-order valence-corrected chi connectivity index (χ3v) is 2.45. The van der Waals surface area contributed by atoms with Crippen molar-refractivity contribution >= 4 is 5.82 Å². The van der Waals surface area contributed by atoms with Crippen LogP contribution in [0.25, 0.3) is 0 Å². The molecule has 0 bridgehead atoms. The van der Waals surface area contributed by atoms with Crippen LogP contribution in [0.5, 0.6) is 0 Å². The fraction of sp³-hybridized carbons (Fsp3) is 0.455. The molecule has 1 aliphatic rings. The summed E-state index contributed by atoms with van der Waals surface area (Å²) in [6.07, 6.45) is 5.15. The van der Waals surface area contributed by atoms with Crippen molar-refractivity contribution in [2.45, 2.75) is 19.3 Å². The monoisotopic (exact) mass is 201 g/mol. The number of aromatic nitrogens is 1. The van der Waals surface area contributed by atoms with Crippen LogP contribution in [-0.4, -0.2) is 18.1 Å². The van der Waals surface area contributed by atoms with Crippen LogP contribution >= 0.6 is 0 Å². The summed E-state index contributed by atoms with van der Waals surface area (Å²) in [6.45, 7) is 1.70. The van der Waals surface area contributed by atoms with Gasteiger partial charge in [0.1, 0.15) is 6.07 Å². The first-order valence-corrected chi connectivity index (χ1v) is 5.22. The SMILES string of the molecule is N#Cc1cccnc1N1CCCCC[N]1. The van der Waals surface area contributed by atoms with Gasteiger partial charge in [0.25, 0.3) is 0 Å². The van der Waals surface area contributed by atoms with Gasteiger partial charge in [0, 0.05) is 19.3 Å². The number of hydrogen-bond acceptors (Lipinski definition) is 3. The largest absolute Gasteiger partial charge is 0.273 e. The second-order valence-electron chi connectivity index (χ2n) is 3.54. The van der Waals surface area contributed by atoms with Crippen molar-refractivity contribution in [3.63, 3.8) is 0 Å². The molecule has 0 atom stereocenters. The number of rotatable bonds is 1. The molecule has 15 heavy (non-hydrogen) atoms. The van der Waals surface area contributed by atoms with Gasteiger partial charge in [-0.1, -0.05) is 6.42 Å². The van der Waals surface area contributed by atoms with E-state index in [0.717, 1.165) is 25.9 Å². The molecule has 2 heterocycles. The first-order chi connectivity index (χ1) is 7.42. The highest BCUT2D eigenvalue weighted by molar-refractivity contribution is 5.52. The third kappa shape index (κ3) is 2.25. The van der Waals surface area contributed by atoms with E-state index in [2.05, 4.69) is 16.5 Å². The lowest BCUT2D eigenvalue weighted by molar-refractivity contribution is 0.638. The van der Waals surface area contributed by atoms with E-state index in [1.807, 2.05) is 5.01 Å². The standard InChI is InChI=1S/C11H13N4/c12-9-10-5-4-6-13-11(10)15-8-3-1-2-7-14-15/h4-6H,1-3,7-8H2. The lowest BCUT2D eigenvalue weighted by Gasteiger charge is -2.20. The van der Waals surface area contributed by atoms with E-state index in [4.69, 9.17) is 5.26 Å². The van der Waals surface area contributed by atoms with Gasteiger partial charge in [-0.15, -0.1) is 5.43 Å². The summed E-state index contributed by atoms with van der Waals surface area (Å²) in [7, 11) is 0. The predicted molar refractivity (Wildman–Crippen MR) is 57.2 cm³/mol. The van der Waals surface area contributed by atoms with Gasteiger partial charge in [-0.3, -0.25) is 5.01 Å². The first kappa shape index (κ1) is 9.94. The van der Waals surface area contributed by atoms with Crippen molar-refractivity contribution in [3.05, 3.63) is 23.9 Å². The quantitative estimate of drug-likeness (QED) is 0.691. The topological polar surface area (TPSA) is 54.0 Å². The third-order valence-electron chi connectivity index (χ3n) is 2.45. The minimum atomic E-state index is 0.600. The number of anilines is 1. The van der Waals surface area contributed by atoms with Crippen molar-refractivity contribution in [1.29, 1.82) is 5.26 Å². The van der Waals surface area contributed by atoms with Crippen LogP contribution in [0.2, 0.25) is 0 Å². The van der Waals surface area contributed by atoms with Crippen molar-refractivity contribution in [1.82, 2.24) is 10.4 Å². The Balaban J connectivity index is 2.23. The highest BCUT2D eigenvalue weighted by Crippen LogP contribution is 2.17. The molecule has 77 valence electrons. The molecule has 0 aliphatic carbocycles. The highest BCUT2D eigenvalue weighted by Gasteiger charge is 2.14. The van der Waals surface area contributed by atoms with E-state index in [-0.39, 0.29) is 0 Å². The molecule has 1 radical (unpaired) electrons. The van der Waals surface area contributed by atoms with E-state index in [0.29, 0.717) is 11.4 Å². The van der Waals surface area contributed by atoms with E-state index < -0.39 is 0 Å². The molecule has 2 rings (SSSR count). The van der Waals surface area contributed by atoms with E-state index >= 15 is 0 Å². The average molecular weight is 201 g/mol. The summed E-state index contributed by atoms with van der Waals surface area (Å²) >= 11 is 0. The smallest absolute Gasteiger partial charge is 0.162 e. The lowest BCUT2D eigenvalue weighted by Crippen LogP contribution is -2.32. The molecule has 0 spiro atoms. The molecule has 4 nitrogen and oxygen atoms in total. The Labute approximate surface area is 89.5 Å². The minimum Gasteiger partial charge on any atom is -0.273 e. The number of nitrogens with zero attached hydrogens (tertiary/aromatic N) is 4. The molecule has 1 fully saturated rings. The van der Waals surface area contributed by atoms with Gasteiger partial charge >= 0.3 is 0 Å². The van der Waals surface area contributed by atoms with Crippen molar-refractivity contribution < 1.29 is 0 Å². The summed E-state index contributed by atoms with van der Waals surface area (Å²) in [5, 5.41) is 10.8. The second-order valence-corrected chi connectivity index (χ2v) is 3.54. The normalized spacial score (nSPS) is 16.9. The maximum Gasteiger partial charge on any atom is 0.162 e. The van der Waals surface area contributed by atoms with Gasteiger partial charge in [-0.25, -0.2) is 4.98 Å². The summed E-state index contributed by atoms with van der Waals surface area (Å²) in [6, 6.07) is 5.71. The maximum absolute atomic E-state index is 8.96. The van der Waals surface area contributed by atoms with Gasteiger partial charge in [0.15, 0.2) is 5.82 Å². The fourth-order valence-corrected chi connectivity index (χ4v) is 1.68. The Morgan fingerprint density at radius 1 is 1.33 bits per heavy atom. The Morgan fingerprint density at radius 3 is 3.13 bits per heavy atom. The van der Waals surface area contributed by atoms with Gasteiger partial charge in [0.2, 0.25) is 0 Å². The summed E-state index contributed by atoms with van der Waals surface area (Å²) in [5.41, 5.74) is 5.02. The Hall–Kier alpha value is -1.60. The Morgan fingerprint density at radius 2 is 2.27 bits per heavy atom. The van der Waals surface area contributed by atoms with Crippen LogP contribution in [0.15, 0.2) is 18.3 Å². The highest BCUT2D eigenvalue weighted by atomic mass is 15.5. The molecular weight excluding hydrogens is 188 g/mol. The van der Waals surface area contributed by atoms with Crippen LogP contribution in [0, 0.1) is 11.3 Å². The molecule has 1 saturated heterocycles. The molecule has 0 unspecified atom stereocenters. The van der Waals surface area contributed by atoms with E-state index in [1.165, 1.54) is 6.42 Å². The van der Waals surface area contributed by atoms with Crippen LogP contribution in [-0.2, 0) is 0 Å². The fourth-order valence-electron chi connectivity index (χ4n) is 1.68. The zero-order chi connectivity index (χ0) is 10.5. The van der Waals surface area contributed by atoms with Gasteiger partial charge < -0.3 is 0 Å². The van der Waals surface area contributed by atoms with E-state index in [1.54, 1.807) is 18.3 Å². The number of pyridine rings is 1. The van der Waals surface area contributed by atoms with Crippen LogP contribution < -0.4 is 10.4 Å². The molecular formula is C11H13N4. The maximum atomic E-state index is 8.96. The molecule has 0 saturated carbocycles. The van der Waals surface area contributed by atoms with Crippen LogP contribution in [0.1, 0.15) is 24.8 Å². The average Bonchev–Trinajstić information content (AvgIpc) is 2.57. The molecule has 0 amide bonds. The second kappa shape index (κ2) is 4.76. The van der Waals surface area contributed by atoms with Crippen molar-refractivity contribution in [2.75, 3.05) is 18.1 Å². The molecule has 1 aliphatic heterocycles. The zero-order valence-corrected chi connectivity index (χ0v) is 8.56. The number of hydrogen-bond donors (Lipinski definition) is 0. The Kier molecular flexibility index (Phi) is 3.15. The van der Waals surface area contributed by atoms with Crippen molar-refractivity contribution in [2.24, 2.45) is 0 Å².